The molecule has 0 spiro atoms. The van der Waals surface area contributed by atoms with Crippen molar-refractivity contribution in [3.8, 4) is 5.75 Å². The zero-order chi connectivity index (χ0) is 20.1. The minimum absolute atomic E-state index is 0.271. The molecule has 1 saturated heterocycles. The summed E-state index contributed by atoms with van der Waals surface area (Å²) < 4.78 is 10.5. The van der Waals surface area contributed by atoms with Crippen molar-refractivity contribution in [3.63, 3.8) is 0 Å². The van der Waals surface area contributed by atoms with Crippen LogP contribution in [0.1, 0.15) is 18.5 Å². The molecule has 1 aromatic rings. The summed E-state index contributed by atoms with van der Waals surface area (Å²) in [5.74, 6) is 0.295. The van der Waals surface area contributed by atoms with Crippen LogP contribution in [0.4, 0.5) is 4.79 Å². The maximum Gasteiger partial charge on any atom is 0.338 e. The Morgan fingerprint density at radius 2 is 1.86 bits per heavy atom. The number of amides is 2. The van der Waals surface area contributed by atoms with Crippen LogP contribution in [0, 0.1) is 0 Å². The van der Waals surface area contributed by atoms with Crippen molar-refractivity contribution in [2.75, 3.05) is 53.5 Å². The molecule has 0 saturated carbocycles. The van der Waals surface area contributed by atoms with Gasteiger partial charge in [-0.2, -0.15) is 0 Å². The number of hydrogen-bond acceptors (Lipinski definition) is 6. The summed E-state index contributed by atoms with van der Waals surface area (Å²) in [7, 11) is 3.69. The van der Waals surface area contributed by atoms with E-state index in [9.17, 15) is 9.59 Å². The molecule has 0 aromatic heterocycles. The summed E-state index contributed by atoms with van der Waals surface area (Å²) in [5, 5.41) is 5.69. The molecule has 2 aliphatic heterocycles. The van der Waals surface area contributed by atoms with Gasteiger partial charge in [0.15, 0.2) is 0 Å². The number of urea groups is 1. The summed E-state index contributed by atoms with van der Waals surface area (Å²) in [6.07, 6.45) is 0. The zero-order valence-corrected chi connectivity index (χ0v) is 16.7. The average molecular weight is 388 g/mol. The number of likely N-dealkylation sites (N-methyl/N-ethyl adjacent to an activating group) is 1. The predicted molar refractivity (Wildman–Crippen MR) is 105 cm³/mol. The second-order valence-electron chi connectivity index (χ2n) is 7.00. The van der Waals surface area contributed by atoms with Gasteiger partial charge in [0.25, 0.3) is 0 Å². The third kappa shape index (κ3) is 4.63. The zero-order valence-electron chi connectivity index (χ0n) is 16.7. The van der Waals surface area contributed by atoms with Crippen LogP contribution in [-0.2, 0) is 9.53 Å². The van der Waals surface area contributed by atoms with Gasteiger partial charge in [0.2, 0.25) is 0 Å². The van der Waals surface area contributed by atoms with E-state index in [1.54, 1.807) is 14.0 Å². The molecule has 0 radical (unpaired) electrons. The molecule has 1 aromatic carbocycles. The lowest BCUT2D eigenvalue weighted by molar-refractivity contribution is -0.139. The van der Waals surface area contributed by atoms with Gasteiger partial charge in [0, 0.05) is 38.4 Å². The van der Waals surface area contributed by atoms with Crippen LogP contribution in [0.25, 0.3) is 0 Å². The van der Waals surface area contributed by atoms with Crippen molar-refractivity contribution in [1.82, 2.24) is 20.4 Å². The normalized spacial score (nSPS) is 21.1. The number of esters is 1. The van der Waals surface area contributed by atoms with E-state index < -0.39 is 12.0 Å². The van der Waals surface area contributed by atoms with Crippen molar-refractivity contribution in [2.45, 2.75) is 13.0 Å². The Morgan fingerprint density at radius 1 is 1.18 bits per heavy atom. The van der Waals surface area contributed by atoms with Crippen LogP contribution in [-0.4, -0.2) is 75.3 Å². The monoisotopic (exact) mass is 388 g/mol. The van der Waals surface area contributed by atoms with Crippen LogP contribution in [0.3, 0.4) is 0 Å². The SMILES string of the molecule is CCOC(=O)C1=C(CN2CCN(C)CC2)NC(=O)N[C@@H]1c1ccc(OC)cc1. The number of carbonyl (C=O) groups is 2. The minimum atomic E-state index is -0.568. The van der Waals surface area contributed by atoms with Crippen LogP contribution >= 0.6 is 0 Å². The molecule has 0 unspecified atom stereocenters. The molecule has 1 atom stereocenters. The first kappa shape index (κ1) is 20.2. The Morgan fingerprint density at radius 3 is 2.46 bits per heavy atom. The van der Waals surface area contributed by atoms with Crippen LogP contribution in [0.15, 0.2) is 35.5 Å². The van der Waals surface area contributed by atoms with Gasteiger partial charge in [-0.3, -0.25) is 4.90 Å². The van der Waals surface area contributed by atoms with Gasteiger partial charge in [0.05, 0.1) is 25.3 Å². The molecule has 2 aliphatic rings. The Balaban J connectivity index is 1.93. The molecule has 0 bridgehead atoms. The summed E-state index contributed by atoms with van der Waals surface area (Å²) in [6.45, 7) is 6.22. The van der Waals surface area contributed by atoms with E-state index >= 15 is 0 Å². The second kappa shape index (κ2) is 9.07. The highest BCUT2D eigenvalue weighted by atomic mass is 16.5. The van der Waals surface area contributed by atoms with Gasteiger partial charge in [-0.25, -0.2) is 9.59 Å². The second-order valence-corrected chi connectivity index (χ2v) is 7.00. The topological polar surface area (TPSA) is 83.1 Å². The number of hydrogen-bond donors (Lipinski definition) is 2. The molecule has 3 rings (SSSR count). The molecule has 2 heterocycles. The molecular weight excluding hydrogens is 360 g/mol. The fourth-order valence-corrected chi connectivity index (χ4v) is 3.47. The minimum Gasteiger partial charge on any atom is -0.497 e. The van der Waals surface area contributed by atoms with Crippen molar-refractivity contribution >= 4 is 12.0 Å². The molecule has 152 valence electrons. The molecule has 2 amide bonds. The molecule has 8 nitrogen and oxygen atoms in total. The van der Waals surface area contributed by atoms with Crippen LogP contribution in [0.5, 0.6) is 5.75 Å². The van der Waals surface area contributed by atoms with Gasteiger partial charge in [0.1, 0.15) is 5.75 Å². The van der Waals surface area contributed by atoms with E-state index in [4.69, 9.17) is 9.47 Å². The van der Waals surface area contributed by atoms with Crippen molar-refractivity contribution < 1.29 is 19.1 Å². The third-order valence-electron chi connectivity index (χ3n) is 5.08. The molecular formula is C20H28N4O4. The lowest BCUT2D eigenvalue weighted by atomic mass is 9.94. The van der Waals surface area contributed by atoms with E-state index in [-0.39, 0.29) is 12.6 Å². The van der Waals surface area contributed by atoms with E-state index in [2.05, 4.69) is 27.5 Å². The molecule has 8 heteroatoms. The Kier molecular flexibility index (Phi) is 6.53. The average Bonchev–Trinajstić information content (AvgIpc) is 2.69. The molecule has 2 N–H and O–H groups in total. The highest BCUT2D eigenvalue weighted by Crippen LogP contribution is 2.29. The summed E-state index contributed by atoms with van der Waals surface area (Å²) in [4.78, 5) is 29.6. The van der Waals surface area contributed by atoms with E-state index in [0.717, 1.165) is 31.7 Å². The van der Waals surface area contributed by atoms with Gasteiger partial charge >= 0.3 is 12.0 Å². The fraction of sp³-hybridized carbons (Fsp3) is 0.500. The van der Waals surface area contributed by atoms with E-state index in [0.29, 0.717) is 23.6 Å². The summed E-state index contributed by atoms with van der Waals surface area (Å²) in [5.41, 5.74) is 1.85. The standard InChI is InChI=1S/C20H28N4O4/c1-4-28-19(25)17-16(13-24-11-9-23(2)10-12-24)21-20(26)22-18(17)14-5-7-15(27-3)8-6-14/h5-8,18H,4,9-13H2,1-3H3,(H2,21,22,26)/t18-/m1/s1. The van der Waals surface area contributed by atoms with Gasteiger partial charge in [-0.1, -0.05) is 12.1 Å². The number of nitrogens with one attached hydrogen (secondary N) is 2. The molecule has 1 fully saturated rings. The Hall–Kier alpha value is -2.58. The van der Waals surface area contributed by atoms with Crippen molar-refractivity contribution in [1.29, 1.82) is 0 Å². The Bertz CT molecular complexity index is 739. The van der Waals surface area contributed by atoms with Crippen molar-refractivity contribution in [2.24, 2.45) is 0 Å². The lowest BCUT2D eigenvalue weighted by Gasteiger charge is -2.35. The number of carbonyl (C=O) groups excluding carboxylic acids is 2. The molecule has 28 heavy (non-hydrogen) atoms. The summed E-state index contributed by atoms with van der Waals surface area (Å²) >= 11 is 0. The number of methoxy groups -OCH3 is 1. The van der Waals surface area contributed by atoms with Crippen molar-refractivity contribution in [3.05, 3.63) is 41.1 Å². The van der Waals surface area contributed by atoms with Gasteiger partial charge in [-0.15, -0.1) is 0 Å². The Labute approximate surface area is 165 Å². The number of benzene rings is 1. The number of ether oxygens (including phenoxy) is 2. The highest BCUT2D eigenvalue weighted by Gasteiger charge is 2.34. The highest BCUT2D eigenvalue weighted by molar-refractivity contribution is 5.95. The largest absolute Gasteiger partial charge is 0.497 e. The first-order chi connectivity index (χ1) is 13.5. The van der Waals surface area contributed by atoms with Gasteiger partial charge < -0.3 is 25.0 Å². The first-order valence-electron chi connectivity index (χ1n) is 9.54. The number of piperazine rings is 1. The van der Waals surface area contributed by atoms with Gasteiger partial charge in [-0.05, 0) is 31.7 Å². The van der Waals surface area contributed by atoms with Crippen LogP contribution in [0.2, 0.25) is 0 Å². The number of nitrogens with zero attached hydrogens (tertiary/aromatic N) is 2. The van der Waals surface area contributed by atoms with E-state index in [1.165, 1.54) is 0 Å². The van der Waals surface area contributed by atoms with Crippen LogP contribution < -0.4 is 15.4 Å². The predicted octanol–water partition coefficient (Wildman–Crippen LogP) is 1.11. The quantitative estimate of drug-likeness (QED) is 0.711. The maximum absolute atomic E-state index is 12.8. The maximum atomic E-state index is 12.8. The fourth-order valence-electron chi connectivity index (χ4n) is 3.47. The first-order valence-corrected chi connectivity index (χ1v) is 9.54. The lowest BCUT2D eigenvalue weighted by Crippen LogP contribution is -2.51. The number of rotatable bonds is 6. The summed E-state index contributed by atoms with van der Waals surface area (Å²) in [6, 6.07) is 6.43. The third-order valence-corrected chi connectivity index (χ3v) is 5.08. The molecule has 0 aliphatic carbocycles. The smallest absolute Gasteiger partial charge is 0.338 e. The van der Waals surface area contributed by atoms with E-state index in [1.807, 2.05) is 24.3 Å².